The molecule has 4 heteroatoms. The number of hydrogen-bond donors (Lipinski definition) is 1. The van der Waals surface area contributed by atoms with Gasteiger partial charge in [0, 0.05) is 13.1 Å². The van der Waals surface area contributed by atoms with E-state index in [1.165, 1.54) is 0 Å². The number of sulfone groups is 1. The Morgan fingerprint density at radius 3 is 2.15 bits per heavy atom. The van der Waals surface area contributed by atoms with Crippen LogP contribution in [0.15, 0.2) is 0 Å². The third-order valence-corrected chi connectivity index (χ3v) is 5.37. The van der Waals surface area contributed by atoms with Crippen molar-refractivity contribution in [2.24, 2.45) is 5.92 Å². The fourth-order valence-corrected chi connectivity index (χ4v) is 3.91. The fraction of sp³-hybridized carbons (Fsp3) is 1.00. The molecular weight excluding hydrogens is 186 g/mol. The number of hydrogen-bond acceptors (Lipinski definition) is 3. The molecule has 0 atom stereocenters. The zero-order valence-corrected chi connectivity index (χ0v) is 9.23. The molecule has 0 amide bonds. The van der Waals surface area contributed by atoms with Crippen LogP contribution in [-0.4, -0.2) is 32.5 Å². The van der Waals surface area contributed by atoms with Crippen molar-refractivity contribution in [2.75, 3.05) is 18.8 Å². The molecular formula is C9H19NO2S. The van der Waals surface area contributed by atoms with Gasteiger partial charge in [-0.1, -0.05) is 13.8 Å². The monoisotopic (exact) mass is 205 g/mol. The van der Waals surface area contributed by atoms with Crippen LogP contribution in [0, 0.1) is 5.92 Å². The smallest absolute Gasteiger partial charge is 0.153 e. The van der Waals surface area contributed by atoms with Crippen molar-refractivity contribution < 1.29 is 8.42 Å². The maximum absolute atomic E-state index is 11.8. The van der Waals surface area contributed by atoms with Crippen LogP contribution in [0.4, 0.5) is 0 Å². The Morgan fingerprint density at radius 1 is 1.31 bits per heavy atom. The Bertz CT molecular complexity index is 240. The maximum atomic E-state index is 11.8. The van der Waals surface area contributed by atoms with E-state index in [1.54, 1.807) is 0 Å². The topological polar surface area (TPSA) is 46.2 Å². The minimum absolute atomic E-state index is 0.118. The second-order valence-corrected chi connectivity index (χ2v) is 6.12. The molecule has 3 nitrogen and oxygen atoms in total. The van der Waals surface area contributed by atoms with Crippen LogP contribution < -0.4 is 5.32 Å². The number of rotatable bonds is 5. The molecule has 1 saturated heterocycles. The molecule has 0 spiro atoms. The van der Waals surface area contributed by atoms with Gasteiger partial charge in [0.15, 0.2) is 9.84 Å². The second-order valence-electron chi connectivity index (χ2n) is 3.79. The highest BCUT2D eigenvalue weighted by Gasteiger charge is 2.28. The van der Waals surface area contributed by atoms with Crippen molar-refractivity contribution in [1.82, 2.24) is 5.32 Å². The van der Waals surface area contributed by atoms with Gasteiger partial charge in [-0.2, -0.15) is 0 Å². The van der Waals surface area contributed by atoms with Crippen LogP contribution >= 0.6 is 0 Å². The van der Waals surface area contributed by atoms with Crippen LogP contribution in [0.1, 0.15) is 26.7 Å². The highest BCUT2D eigenvalue weighted by atomic mass is 32.2. The van der Waals surface area contributed by atoms with E-state index in [4.69, 9.17) is 0 Å². The predicted octanol–water partition coefficient (Wildman–Crippen LogP) is 0.809. The van der Waals surface area contributed by atoms with E-state index in [9.17, 15) is 8.42 Å². The molecule has 13 heavy (non-hydrogen) atoms. The van der Waals surface area contributed by atoms with Crippen LogP contribution in [0.3, 0.4) is 0 Å². The van der Waals surface area contributed by atoms with E-state index in [0.29, 0.717) is 11.7 Å². The lowest BCUT2D eigenvalue weighted by molar-refractivity contribution is 0.377. The molecule has 0 aromatic carbocycles. The van der Waals surface area contributed by atoms with Gasteiger partial charge in [0.25, 0.3) is 0 Å². The van der Waals surface area contributed by atoms with Crippen LogP contribution in [-0.2, 0) is 9.84 Å². The van der Waals surface area contributed by atoms with Crippen molar-refractivity contribution in [2.45, 2.75) is 31.9 Å². The van der Waals surface area contributed by atoms with Gasteiger partial charge in [-0.15, -0.1) is 0 Å². The Kier molecular flexibility index (Phi) is 3.74. The molecule has 1 aliphatic heterocycles. The molecule has 0 aromatic heterocycles. The largest absolute Gasteiger partial charge is 0.316 e. The summed E-state index contributed by atoms with van der Waals surface area (Å²) in [7, 11) is -2.82. The van der Waals surface area contributed by atoms with Gasteiger partial charge >= 0.3 is 0 Å². The second kappa shape index (κ2) is 4.42. The lowest BCUT2D eigenvalue weighted by atomic mass is 10.1. The fourth-order valence-electron chi connectivity index (χ4n) is 1.73. The van der Waals surface area contributed by atoms with Gasteiger partial charge in [-0.3, -0.25) is 0 Å². The molecule has 1 rings (SSSR count). The van der Waals surface area contributed by atoms with Crippen molar-refractivity contribution in [3.05, 3.63) is 0 Å². The summed E-state index contributed by atoms with van der Waals surface area (Å²) in [5.74, 6) is 0.748. The summed E-state index contributed by atoms with van der Waals surface area (Å²) in [4.78, 5) is 0. The van der Waals surface area contributed by atoms with Crippen molar-refractivity contribution in [3.63, 3.8) is 0 Å². The molecule has 0 aliphatic carbocycles. The van der Waals surface area contributed by atoms with Crippen molar-refractivity contribution >= 4 is 9.84 Å². The van der Waals surface area contributed by atoms with E-state index in [2.05, 4.69) is 5.32 Å². The molecule has 0 unspecified atom stereocenters. The minimum atomic E-state index is -2.82. The number of nitrogens with one attached hydrogen (secondary N) is 1. The highest BCUT2D eigenvalue weighted by Crippen LogP contribution is 2.16. The summed E-state index contributed by atoms with van der Waals surface area (Å²) in [6.07, 6.45) is 1.50. The van der Waals surface area contributed by atoms with Crippen LogP contribution in [0.5, 0.6) is 0 Å². The molecule has 0 aromatic rings. The Morgan fingerprint density at radius 2 is 1.85 bits per heavy atom. The normalized spacial score (nSPS) is 19.0. The molecule has 1 N–H and O–H groups in total. The van der Waals surface area contributed by atoms with E-state index in [0.717, 1.165) is 25.9 Å². The van der Waals surface area contributed by atoms with Gasteiger partial charge in [-0.25, -0.2) is 8.42 Å². The van der Waals surface area contributed by atoms with E-state index < -0.39 is 9.84 Å². The molecule has 0 bridgehead atoms. The molecule has 0 radical (unpaired) electrons. The predicted molar refractivity (Wildman–Crippen MR) is 54.5 cm³/mol. The highest BCUT2D eigenvalue weighted by molar-refractivity contribution is 7.92. The quantitative estimate of drug-likeness (QED) is 0.722. The first-order valence-corrected chi connectivity index (χ1v) is 6.74. The first-order valence-electron chi connectivity index (χ1n) is 5.02. The Balaban J connectivity index is 2.52. The molecule has 0 saturated carbocycles. The molecule has 1 fully saturated rings. The Labute approximate surface area is 80.8 Å². The summed E-state index contributed by atoms with van der Waals surface area (Å²) in [6, 6.07) is 0. The summed E-state index contributed by atoms with van der Waals surface area (Å²) < 4.78 is 23.5. The van der Waals surface area contributed by atoms with Crippen LogP contribution in [0.2, 0.25) is 0 Å². The molecule has 78 valence electrons. The van der Waals surface area contributed by atoms with E-state index in [1.807, 2.05) is 13.8 Å². The van der Waals surface area contributed by atoms with E-state index in [-0.39, 0.29) is 5.25 Å². The third kappa shape index (κ3) is 2.68. The van der Waals surface area contributed by atoms with Crippen molar-refractivity contribution in [1.29, 1.82) is 0 Å². The average Bonchev–Trinajstić information content (AvgIpc) is 1.99. The zero-order valence-electron chi connectivity index (χ0n) is 8.41. The van der Waals surface area contributed by atoms with Gasteiger partial charge in [0.05, 0.1) is 11.0 Å². The lowest BCUT2D eigenvalue weighted by Gasteiger charge is -2.28. The SMILES string of the molecule is CCC(CC)S(=O)(=O)CC1CNC1. The average molecular weight is 205 g/mol. The lowest BCUT2D eigenvalue weighted by Crippen LogP contribution is -2.46. The zero-order chi connectivity index (χ0) is 9.90. The maximum Gasteiger partial charge on any atom is 0.153 e. The van der Waals surface area contributed by atoms with Gasteiger partial charge in [-0.05, 0) is 18.8 Å². The van der Waals surface area contributed by atoms with E-state index >= 15 is 0 Å². The first kappa shape index (κ1) is 11.0. The minimum Gasteiger partial charge on any atom is -0.316 e. The Hall–Kier alpha value is -0.0900. The summed E-state index contributed by atoms with van der Waals surface area (Å²) >= 11 is 0. The first-order chi connectivity index (χ1) is 6.10. The third-order valence-electron chi connectivity index (χ3n) is 2.75. The summed E-state index contributed by atoms with van der Waals surface area (Å²) in [5.41, 5.74) is 0. The van der Waals surface area contributed by atoms with Crippen LogP contribution in [0.25, 0.3) is 0 Å². The standard InChI is InChI=1S/C9H19NO2S/c1-3-9(4-2)13(11,12)7-8-5-10-6-8/h8-10H,3-7H2,1-2H3. The van der Waals surface area contributed by atoms with Gasteiger partial charge in [0.1, 0.15) is 0 Å². The van der Waals surface area contributed by atoms with Gasteiger partial charge in [0.2, 0.25) is 0 Å². The molecule has 1 heterocycles. The summed E-state index contributed by atoms with van der Waals surface area (Å²) in [6.45, 7) is 5.65. The van der Waals surface area contributed by atoms with Crippen molar-refractivity contribution in [3.8, 4) is 0 Å². The summed E-state index contributed by atoms with van der Waals surface area (Å²) in [5, 5.41) is 2.98. The molecule has 1 aliphatic rings. The van der Waals surface area contributed by atoms with Gasteiger partial charge < -0.3 is 5.32 Å².